The molecule has 1 aromatic carbocycles. The second-order valence-corrected chi connectivity index (χ2v) is 4.58. The van der Waals surface area contributed by atoms with Crippen molar-refractivity contribution in [2.45, 2.75) is 18.7 Å². The molecule has 0 fully saturated rings. The van der Waals surface area contributed by atoms with E-state index < -0.39 is 10.8 Å². The number of hydrogen-bond acceptors (Lipinski definition) is 1. The zero-order valence-electron chi connectivity index (χ0n) is 7.35. The molecule has 66 valence electrons. The normalized spacial score (nSPS) is 13.0. The number of benzene rings is 1. The average molecular weight is 203 g/mol. The van der Waals surface area contributed by atoms with E-state index >= 15 is 0 Å². The van der Waals surface area contributed by atoms with Gasteiger partial charge >= 0.3 is 0 Å². The van der Waals surface area contributed by atoms with Crippen molar-refractivity contribution in [1.29, 1.82) is 0 Å². The first-order valence-electron chi connectivity index (χ1n) is 3.62. The first kappa shape index (κ1) is 9.75. The molecule has 3 heteroatoms. The molecule has 0 saturated carbocycles. The lowest BCUT2D eigenvalue weighted by Gasteiger charge is -2.04. The SMILES string of the molecule is Cc1cc(Cl)c(S(C)=O)cc1C. The summed E-state index contributed by atoms with van der Waals surface area (Å²) in [6.07, 6.45) is 1.63. The third-order valence-electron chi connectivity index (χ3n) is 1.86. The molecule has 0 aliphatic carbocycles. The molecule has 0 spiro atoms. The Morgan fingerprint density at radius 3 is 2.25 bits per heavy atom. The van der Waals surface area contributed by atoms with Gasteiger partial charge in [-0.25, -0.2) is 0 Å². The number of hydrogen-bond donors (Lipinski definition) is 0. The molecule has 1 nitrogen and oxygen atoms in total. The quantitative estimate of drug-likeness (QED) is 0.685. The van der Waals surface area contributed by atoms with E-state index in [-0.39, 0.29) is 0 Å². The van der Waals surface area contributed by atoms with Gasteiger partial charge in [0.25, 0.3) is 0 Å². The molecule has 0 radical (unpaired) electrons. The maximum absolute atomic E-state index is 11.2. The van der Waals surface area contributed by atoms with Crippen LogP contribution in [0.25, 0.3) is 0 Å². The van der Waals surface area contributed by atoms with Gasteiger partial charge in [0.1, 0.15) is 0 Å². The van der Waals surface area contributed by atoms with Gasteiger partial charge < -0.3 is 0 Å². The highest BCUT2D eigenvalue weighted by molar-refractivity contribution is 7.84. The Labute approximate surface area is 80.2 Å². The van der Waals surface area contributed by atoms with Crippen LogP contribution in [0, 0.1) is 13.8 Å². The van der Waals surface area contributed by atoms with E-state index in [0.29, 0.717) is 5.02 Å². The minimum absolute atomic E-state index is 0.596. The molecular weight excluding hydrogens is 192 g/mol. The van der Waals surface area contributed by atoms with E-state index in [4.69, 9.17) is 11.6 Å². The molecule has 1 aromatic rings. The van der Waals surface area contributed by atoms with Crippen LogP contribution in [0.5, 0.6) is 0 Å². The van der Waals surface area contributed by atoms with E-state index in [1.165, 1.54) is 0 Å². The fourth-order valence-electron chi connectivity index (χ4n) is 0.975. The summed E-state index contributed by atoms with van der Waals surface area (Å²) >= 11 is 5.90. The molecule has 0 saturated heterocycles. The summed E-state index contributed by atoms with van der Waals surface area (Å²) in [7, 11) is -0.991. The van der Waals surface area contributed by atoms with E-state index in [1.54, 1.807) is 6.26 Å². The Morgan fingerprint density at radius 1 is 1.25 bits per heavy atom. The monoisotopic (exact) mass is 202 g/mol. The number of halogens is 1. The predicted octanol–water partition coefficient (Wildman–Crippen LogP) is 2.69. The van der Waals surface area contributed by atoms with Gasteiger partial charge in [-0.2, -0.15) is 0 Å². The van der Waals surface area contributed by atoms with Gasteiger partial charge in [0, 0.05) is 6.26 Å². The van der Waals surface area contributed by atoms with Crippen LogP contribution in [0.1, 0.15) is 11.1 Å². The lowest BCUT2D eigenvalue weighted by Crippen LogP contribution is -1.91. The van der Waals surface area contributed by atoms with Crippen molar-refractivity contribution in [3.05, 3.63) is 28.3 Å². The predicted molar refractivity (Wildman–Crippen MR) is 53.3 cm³/mol. The zero-order valence-corrected chi connectivity index (χ0v) is 8.92. The second kappa shape index (κ2) is 3.58. The first-order valence-corrected chi connectivity index (χ1v) is 5.56. The molecule has 1 rings (SSSR count). The van der Waals surface area contributed by atoms with Crippen LogP contribution in [0.15, 0.2) is 17.0 Å². The summed E-state index contributed by atoms with van der Waals surface area (Å²) < 4.78 is 11.2. The van der Waals surface area contributed by atoms with Crippen molar-refractivity contribution < 1.29 is 4.21 Å². The third-order valence-corrected chi connectivity index (χ3v) is 3.24. The van der Waals surface area contributed by atoms with Crippen molar-refractivity contribution in [3.63, 3.8) is 0 Å². The molecule has 0 aliphatic heterocycles. The number of rotatable bonds is 1. The van der Waals surface area contributed by atoms with Crippen molar-refractivity contribution in [1.82, 2.24) is 0 Å². The maximum atomic E-state index is 11.2. The van der Waals surface area contributed by atoms with E-state index in [9.17, 15) is 4.21 Å². The molecule has 0 heterocycles. The Morgan fingerprint density at radius 2 is 1.75 bits per heavy atom. The van der Waals surface area contributed by atoms with Crippen LogP contribution in [-0.4, -0.2) is 10.5 Å². The highest BCUT2D eigenvalue weighted by atomic mass is 35.5. The number of aryl methyl sites for hydroxylation is 2. The fraction of sp³-hybridized carbons (Fsp3) is 0.333. The van der Waals surface area contributed by atoms with Crippen LogP contribution in [0.3, 0.4) is 0 Å². The second-order valence-electron chi connectivity index (χ2n) is 2.82. The van der Waals surface area contributed by atoms with Crippen LogP contribution >= 0.6 is 11.6 Å². The van der Waals surface area contributed by atoms with Crippen molar-refractivity contribution in [3.8, 4) is 0 Å². The highest BCUT2D eigenvalue weighted by Gasteiger charge is 2.05. The van der Waals surface area contributed by atoms with Crippen LogP contribution < -0.4 is 0 Å². The van der Waals surface area contributed by atoms with Crippen molar-refractivity contribution in [2.24, 2.45) is 0 Å². The topological polar surface area (TPSA) is 17.1 Å². The van der Waals surface area contributed by atoms with Gasteiger partial charge in [0.15, 0.2) is 0 Å². The molecule has 0 aromatic heterocycles. The highest BCUT2D eigenvalue weighted by Crippen LogP contribution is 2.22. The van der Waals surface area contributed by atoms with Crippen molar-refractivity contribution >= 4 is 22.4 Å². The smallest absolute Gasteiger partial charge is 0.0574 e. The molecule has 1 unspecified atom stereocenters. The summed E-state index contributed by atoms with van der Waals surface area (Å²) in [5.74, 6) is 0. The summed E-state index contributed by atoms with van der Waals surface area (Å²) in [6.45, 7) is 3.98. The maximum Gasteiger partial charge on any atom is 0.0574 e. The summed E-state index contributed by atoms with van der Waals surface area (Å²) in [5.41, 5.74) is 2.26. The van der Waals surface area contributed by atoms with Gasteiger partial charge in [-0.1, -0.05) is 11.6 Å². The standard InChI is InChI=1S/C9H11ClOS/c1-6-4-8(10)9(12(3)11)5-7(6)2/h4-5H,1-3H3. The minimum atomic E-state index is -0.991. The molecule has 0 N–H and O–H groups in total. The third kappa shape index (κ3) is 1.87. The largest absolute Gasteiger partial charge is 0.255 e. The summed E-state index contributed by atoms with van der Waals surface area (Å²) in [6, 6.07) is 3.74. The molecule has 12 heavy (non-hydrogen) atoms. The molecule has 0 amide bonds. The Balaban J connectivity index is 3.33. The zero-order chi connectivity index (χ0) is 9.30. The van der Waals surface area contributed by atoms with Gasteiger partial charge in [0.05, 0.1) is 20.7 Å². The lowest BCUT2D eigenvalue weighted by atomic mass is 10.1. The van der Waals surface area contributed by atoms with Gasteiger partial charge in [-0.15, -0.1) is 0 Å². The molecule has 0 bridgehead atoms. The first-order chi connectivity index (χ1) is 5.52. The lowest BCUT2D eigenvalue weighted by molar-refractivity contribution is 0.686. The molecule has 1 atom stereocenters. The Bertz CT molecular complexity index is 334. The van der Waals surface area contributed by atoms with Crippen LogP contribution in [0.2, 0.25) is 5.02 Å². The fourth-order valence-corrected chi connectivity index (χ4v) is 2.20. The average Bonchev–Trinajstić information content (AvgIpc) is 1.96. The minimum Gasteiger partial charge on any atom is -0.255 e. The van der Waals surface area contributed by atoms with Crippen LogP contribution in [0.4, 0.5) is 0 Å². The van der Waals surface area contributed by atoms with E-state index in [1.807, 2.05) is 26.0 Å². The Hall–Kier alpha value is -0.340. The Kier molecular flexibility index (Phi) is 2.91. The van der Waals surface area contributed by atoms with Crippen molar-refractivity contribution in [2.75, 3.05) is 6.26 Å². The van der Waals surface area contributed by atoms with Gasteiger partial charge in [-0.3, -0.25) is 4.21 Å². The summed E-state index contributed by atoms with van der Waals surface area (Å²) in [5, 5.41) is 0.596. The van der Waals surface area contributed by atoms with Gasteiger partial charge in [-0.05, 0) is 37.1 Å². The van der Waals surface area contributed by atoms with Gasteiger partial charge in [0.2, 0.25) is 0 Å². The molecule has 0 aliphatic rings. The molecular formula is C9H11ClOS. The van der Waals surface area contributed by atoms with Crippen LogP contribution in [-0.2, 0) is 10.8 Å². The van der Waals surface area contributed by atoms with E-state index in [0.717, 1.165) is 16.0 Å². The van der Waals surface area contributed by atoms with E-state index in [2.05, 4.69) is 0 Å². The summed E-state index contributed by atoms with van der Waals surface area (Å²) in [4.78, 5) is 0.722.